The van der Waals surface area contributed by atoms with Crippen molar-refractivity contribution < 1.29 is 27.5 Å². The predicted molar refractivity (Wildman–Crippen MR) is 155 cm³/mol. The van der Waals surface area contributed by atoms with E-state index in [1.54, 1.807) is 30.3 Å². The fourth-order valence-electron chi connectivity index (χ4n) is 4.17. The quantitative estimate of drug-likeness (QED) is 0.151. The second-order valence-electron chi connectivity index (χ2n) is 10.9. The van der Waals surface area contributed by atoms with Gasteiger partial charge in [0.15, 0.2) is 0 Å². The highest BCUT2D eigenvalue weighted by molar-refractivity contribution is 6.76. The summed E-state index contributed by atoms with van der Waals surface area (Å²) in [5.41, 5.74) is 5.82. The topological polar surface area (TPSA) is 128 Å². The smallest absolute Gasteiger partial charge is 0.383 e. The third-order valence-electron chi connectivity index (χ3n) is 6.40. The highest BCUT2D eigenvalue weighted by atomic mass is 28.3. The highest BCUT2D eigenvalue weighted by Crippen LogP contribution is 2.32. The molecular formula is C28H32F3N7O3Si. The number of alkyl halides is 3. The van der Waals surface area contributed by atoms with Gasteiger partial charge < -0.3 is 20.7 Å². The number of carbonyl (C=O) groups excluding carboxylic acids is 2. The number of hydrogen-bond donors (Lipinski definition) is 2. The molecule has 0 aliphatic rings. The first-order valence-corrected chi connectivity index (χ1v) is 16.9. The van der Waals surface area contributed by atoms with E-state index in [4.69, 9.17) is 10.5 Å². The van der Waals surface area contributed by atoms with Crippen LogP contribution in [0.15, 0.2) is 61.1 Å². The minimum Gasteiger partial charge on any atom is -0.383 e. The first-order chi connectivity index (χ1) is 19.8. The third-order valence-corrected chi connectivity index (χ3v) is 8.10. The van der Waals surface area contributed by atoms with Crippen LogP contribution in [0, 0.1) is 0 Å². The van der Waals surface area contributed by atoms with E-state index < -0.39 is 38.2 Å². The number of amides is 2. The van der Waals surface area contributed by atoms with Crippen LogP contribution in [0.3, 0.4) is 0 Å². The van der Waals surface area contributed by atoms with Gasteiger partial charge in [-0.15, -0.1) is 0 Å². The number of carbonyl (C=O) groups is 2. The minimum atomic E-state index is -4.69. The fraction of sp³-hybridized carbons (Fsp3) is 0.321. The van der Waals surface area contributed by atoms with Gasteiger partial charge in [-0.3, -0.25) is 14.6 Å². The van der Waals surface area contributed by atoms with Crippen LogP contribution in [0.25, 0.3) is 10.9 Å². The van der Waals surface area contributed by atoms with Crippen LogP contribution >= 0.6 is 0 Å². The summed E-state index contributed by atoms with van der Waals surface area (Å²) in [6.45, 7) is 6.63. The van der Waals surface area contributed by atoms with Gasteiger partial charge in [-0.05, 0) is 23.7 Å². The number of halogens is 3. The predicted octanol–water partition coefficient (Wildman–Crippen LogP) is 4.91. The summed E-state index contributed by atoms with van der Waals surface area (Å²) >= 11 is 0. The molecule has 3 heterocycles. The SMILES string of the molecule is C[Si](C)(C)CCOCn1ncc2c(N)ncc(NC(=O)C(=O)N(Cc3ccccc3)Cc3ncccc3C(F)(F)F)c21. The first kappa shape index (κ1) is 30.7. The zero-order valence-electron chi connectivity index (χ0n) is 23.5. The Bertz CT molecular complexity index is 1560. The summed E-state index contributed by atoms with van der Waals surface area (Å²) in [5.74, 6) is -1.96. The number of nitrogens with zero attached hydrogens (tertiary/aromatic N) is 5. The molecule has 42 heavy (non-hydrogen) atoms. The Hall–Kier alpha value is -4.30. The highest BCUT2D eigenvalue weighted by Gasteiger charge is 2.35. The Labute approximate surface area is 241 Å². The van der Waals surface area contributed by atoms with Crippen LogP contribution in [0.1, 0.15) is 16.8 Å². The third kappa shape index (κ3) is 7.70. The van der Waals surface area contributed by atoms with E-state index in [1.165, 1.54) is 29.3 Å². The maximum Gasteiger partial charge on any atom is 0.418 e. The summed E-state index contributed by atoms with van der Waals surface area (Å²) in [4.78, 5) is 35.7. The Kier molecular flexibility index (Phi) is 9.26. The van der Waals surface area contributed by atoms with Crippen LogP contribution in [-0.4, -0.2) is 51.1 Å². The van der Waals surface area contributed by atoms with Crippen molar-refractivity contribution in [3.05, 3.63) is 77.9 Å². The number of ether oxygens (including phenoxy) is 1. The van der Waals surface area contributed by atoms with E-state index in [2.05, 4.69) is 40.0 Å². The Morgan fingerprint density at radius 3 is 2.48 bits per heavy atom. The summed E-state index contributed by atoms with van der Waals surface area (Å²) in [7, 11) is -1.32. The van der Waals surface area contributed by atoms with E-state index in [1.807, 2.05) is 0 Å². The molecule has 10 nitrogen and oxygen atoms in total. The molecular weight excluding hydrogens is 567 g/mol. The lowest BCUT2D eigenvalue weighted by molar-refractivity contribution is -0.145. The van der Waals surface area contributed by atoms with E-state index in [0.29, 0.717) is 23.1 Å². The Balaban J connectivity index is 1.60. The maximum absolute atomic E-state index is 13.7. The average molecular weight is 600 g/mol. The second-order valence-corrected chi connectivity index (χ2v) is 16.5. The molecule has 3 aromatic heterocycles. The van der Waals surface area contributed by atoms with Crippen molar-refractivity contribution in [3.63, 3.8) is 0 Å². The van der Waals surface area contributed by atoms with Crippen molar-refractivity contribution in [1.29, 1.82) is 0 Å². The Morgan fingerprint density at radius 1 is 1.05 bits per heavy atom. The van der Waals surface area contributed by atoms with Gasteiger partial charge in [-0.25, -0.2) is 9.67 Å². The second kappa shape index (κ2) is 12.7. The molecule has 0 atom stereocenters. The molecule has 2 amide bonds. The number of anilines is 2. The van der Waals surface area contributed by atoms with E-state index in [-0.39, 0.29) is 30.5 Å². The lowest BCUT2D eigenvalue weighted by atomic mass is 10.1. The molecule has 0 aliphatic heterocycles. The molecule has 4 aromatic rings. The van der Waals surface area contributed by atoms with Crippen LogP contribution < -0.4 is 11.1 Å². The van der Waals surface area contributed by atoms with Crippen LogP contribution in [0.5, 0.6) is 0 Å². The lowest BCUT2D eigenvalue weighted by Crippen LogP contribution is -2.39. The summed E-state index contributed by atoms with van der Waals surface area (Å²) in [5, 5.41) is 7.30. The molecule has 0 unspecified atom stereocenters. The van der Waals surface area contributed by atoms with Gasteiger partial charge in [0.1, 0.15) is 12.5 Å². The molecule has 14 heteroatoms. The molecule has 222 valence electrons. The summed E-state index contributed by atoms with van der Waals surface area (Å²) < 4.78 is 48.3. The number of aromatic nitrogens is 4. The maximum atomic E-state index is 13.7. The van der Waals surface area contributed by atoms with Gasteiger partial charge in [0.2, 0.25) is 0 Å². The van der Waals surface area contributed by atoms with Gasteiger partial charge in [0.25, 0.3) is 0 Å². The molecule has 0 aliphatic carbocycles. The van der Waals surface area contributed by atoms with Crippen molar-refractivity contribution in [1.82, 2.24) is 24.6 Å². The van der Waals surface area contributed by atoms with E-state index >= 15 is 0 Å². The number of fused-ring (bicyclic) bond motifs is 1. The monoisotopic (exact) mass is 599 g/mol. The molecule has 0 fully saturated rings. The molecule has 1 aromatic carbocycles. The van der Waals surface area contributed by atoms with Crippen molar-refractivity contribution in [2.45, 2.75) is 51.7 Å². The van der Waals surface area contributed by atoms with Gasteiger partial charge in [0, 0.05) is 27.4 Å². The molecule has 0 radical (unpaired) electrons. The van der Waals surface area contributed by atoms with Crippen molar-refractivity contribution >= 4 is 42.3 Å². The number of nitrogen functional groups attached to an aromatic ring is 1. The lowest BCUT2D eigenvalue weighted by Gasteiger charge is -2.23. The van der Waals surface area contributed by atoms with Crippen molar-refractivity contribution in [2.75, 3.05) is 17.7 Å². The van der Waals surface area contributed by atoms with Gasteiger partial charge in [-0.1, -0.05) is 50.0 Å². The van der Waals surface area contributed by atoms with Gasteiger partial charge >= 0.3 is 18.0 Å². The van der Waals surface area contributed by atoms with Gasteiger partial charge in [-0.2, -0.15) is 18.3 Å². The number of nitrogens with one attached hydrogen (secondary N) is 1. The molecule has 4 rings (SSSR count). The number of nitrogens with two attached hydrogens (primary N) is 1. The van der Waals surface area contributed by atoms with Gasteiger partial charge in [0.05, 0.1) is 46.8 Å². The largest absolute Gasteiger partial charge is 0.418 e. The van der Waals surface area contributed by atoms with Crippen LogP contribution in [-0.2, 0) is 40.3 Å². The van der Waals surface area contributed by atoms with Crippen LogP contribution in [0.4, 0.5) is 24.7 Å². The van der Waals surface area contributed by atoms with Crippen molar-refractivity contribution in [3.8, 4) is 0 Å². The number of rotatable bonds is 10. The number of pyridine rings is 2. The molecule has 0 spiro atoms. The first-order valence-electron chi connectivity index (χ1n) is 13.2. The summed E-state index contributed by atoms with van der Waals surface area (Å²) in [6.07, 6.45) is -0.701. The molecule has 0 bridgehead atoms. The zero-order chi connectivity index (χ0) is 30.5. The average Bonchev–Trinajstić information content (AvgIpc) is 3.37. The normalized spacial score (nSPS) is 12.0. The molecule has 3 N–H and O–H groups in total. The number of hydrogen-bond acceptors (Lipinski definition) is 7. The van der Waals surface area contributed by atoms with Crippen molar-refractivity contribution in [2.24, 2.45) is 0 Å². The Morgan fingerprint density at radius 2 is 1.79 bits per heavy atom. The van der Waals surface area contributed by atoms with E-state index in [9.17, 15) is 22.8 Å². The standard InChI is InChI=1S/C28H32F3N7O3Si/c1-42(2,3)13-12-41-18-38-24-20(14-35-38)25(32)34-15-22(24)36-26(39)27(40)37(16-19-8-5-4-6-9-19)17-23-21(28(29,30)31)10-7-11-33-23/h4-11,14-15H,12-13,16-18H2,1-3H3,(H2,32,34)(H,36,39). The van der Waals surface area contributed by atoms with E-state index in [0.717, 1.165) is 17.0 Å². The van der Waals surface area contributed by atoms with Crippen LogP contribution in [0.2, 0.25) is 25.7 Å². The zero-order valence-corrected chi connectivity index (χ0v) is 24.5. The number of benzene rings is 1. The fourth-order valence-corrected chi connectivity index (χ4v) is 4.92. The summed E-state index contributed by atoms with van der Waals surface area (Å²) in [6, 6.07) is 11.6. The molecule has 0 saturated carbocycles. The minimum absolute atomic E-state index is 0.0777. The molecule has 0 saturated heterocycles.